The third-order valence-corrected chi connectivity index (χ3v) is 3.63. The van der Waals surface area contributed by atoms with Crippen molar-refractivity contribution in [3.05, 3.63) is 0 Å². The van der Waals surface area contributed by atoms with Crippen LogP contribution in [0.5, 0.6) is 0 Å². The van der Waals surface area contributed by atoms with Crippen LogP contribution in [0.1, 0.15) is 25.7 Å². The van der Waals surface area contributed by atoms with E-state index in [2.05, 4.69) is 4.90 Å². The lowest BCUT2D eigenvalue weighted by atomic mass is 9.89. The number of aliphatic hydroxyl groups is 1. The molecule has 0 bridgehead atoms. The second kappa shape index (κ2) is 3.52. The molecule has 0 spiro atoms. The highest BCUT2D eigenvalue weighted by Crippen LogP contribution is 2.31. The van der Waals surface area contributed by atoms with E-state index >= 15 is 0 Å². The Labute approximate surface area is 78.5 Å². The van der Waals surface area contributed by atoms with E-state index in [1.54, 1.807) is 0 Å². The molecule has 0 aromatic rings. The monoisotopic (exact) mass is 189 g/mol. The number of piperidine rings is 1. The Kier molecular flexibility index (Phi) is 2.58. The van der Waals surface area contributed by atoms with Gasteiger partial charge in [-0.3, -0.25) is 4.90 Å². The molecule has 1 saturated heterocycles. The highest BCUT2D eigenvalue weighted by molar-refractivity contribution is 6.21. The van der Waals surface area contributed by atoms with Crippen LogP contribution < -0.4 is 0 Å². The number of halogens is 1. The van der Waals surface area contributed by atoms with Crippen LogP contribution >= 0.6 is 11.6 Å². The first-order chi connectivity index (χ1) is 5.77. The zero-order chi connectivity index (χ0) is 8.55. The Balaban J connectivity index is 1.81. The highest BCUT2D eigenvalue weighted by Gasteiger charge is 2.35. The van der Waals surface area contributed by atoms with Gasteiger partial charge >= 0.3 is 0 Å². The summed E-state index contributed by atoms with van der Waals surface area (Å²) in [6.45, 7) is 2.07. The van der Waals surface area contributed by atoms with Crippen molar-refractivity contribution >= 4 is 11.6 Å². The Hall–Kier alpha value is 0.210. The van der Waals surface area contributed by atoms with Crippen LogP contribution in [0.25, 0.3) is 0 Å². The molecule has 2 unspecified atom stereocenters. The predicted molar refractivity (Wildman–Crippen MR) is 49.5 cm³/mol. The second-order valence-corrected chi connectivity index (χ2v) is 4.49. The van der Waals surface area contributed by atoms with Gasteiger partial charge in [0.2, 0.25) is 0 Å². The van der Waals surface area contributed by atoms with Gasteiger partial charge in [-0.05, 0) is 25.7 Å². The lowest BCUT2D eigenvalue weighted by Gasteiger charge is -2.44. The van der Waals surface area contributed by atoms with Crippen LogP contribution in [-0.2, 0) is 0 Å². The van der Waals surface area contributed by atoms with E-state index in [-0.39, 0.29) is 6.10 Å². The van der Waals surface area contributed by atoms with Gasteiger partial charge in [-0.15, -0.1) is 11.6 Å². The quantitative estimate of drug-likeness (QED) is 0.627. The van der Waals surface area contributed by atoms with Crippen LogP contribution in [0.4, 0.5) is 0 Å². The summed E-state index contributed by atoms with van der Waals surface area (Å²) in [6.07, 6.45) is 4.23. The van der Waals surface area contributed by atoms with Gasteiger partial charge in [0.1, 0.15) is 0 Å². The van der Waals surface area contributed by atoms with Crippen LogP contribution in [-0.4, -0.2) is 40.6 Å². The molecule has 0 aromatic heterocycles. The molecular weight excluding hydrogens is 174 g/mol. The van der Waals surface area contributed by atoms with Crippen molar-refractivity contribution in [2.45, 2.75) is 43.2 Å². The van der Waals surface area contributed by atoms with E-state index in [0.717, 1.165) is 25.9 Å². The van der Waals surface area contributed by atoms with Crippen molar-refractivity contribution in [1.29, 1.82) is 0 Å². The van der Waals surface area contributed by atoms with E-state index < -0.39 is 0 Å². The zero-order valence-corrected chi connectivity index (χ0v) is 8.00. The van der Waals surface area contributed by atoms with E-state index in [1.807, 2.05) is 0 Å². The van der Waals surface area contributed by atoms with Gasteiger partial charge in [-0.2, -0.15) is 0 Å². The molecule has 2 nitrogen and oxygen atoms in total. The Morgan fingerprint density at radius 2 is 1.75 bits per heavy atom. The minimum Gasteiger partial charge on any atom is -0.393 e. The summed E-state index contributed by atoms with van der Waals surface area (Å²) < 4.78 is 0. The summed E-state index contributed by atoms with van der Waals surface area (Å²) in [4.78, 5) is 2.44. The van der Waals surface area contributed by atoms with E-state index in [4.69, 9.17) is 11.6 Å². The first-order valence-corrected chi connectivity index (χ1v) is 5.27. The maximum Gasteiger partial charge on any atom is 0.0564 e. The lowest BCUT2D eigenvalue weighted by Crippen LogP contribution is -2.51. The molecule has 3 heteroatoms. The van der Waals surface area contributed by atoms with Crippen molar-refractivity contribution in [2.24, 2.45) is 0 Å². The molecule has 0 radical (unpaired) electrons. The number of hydrogen-bond acceptors (Lipinski definition) is 2. The number of rotatable bonds is 1. The Bertz CT molecular complexity index is 157. The van der Waals surface area contributed by atoms with E-state index in [0.29, 0.717) is 11.4 Å². The second-order valence-electron chi connectivity index (χ2n) is 3.93. The molecule has 2 aliphatic rings. The average molecular weight is 190 g/mol. The smallest absolute Gasteiger partial charge is 0.0564 e. The zero-order valence-electron chi connectivity index (χ0n) is 7.25. The fraction of sp³-hybridized carbons (Fsp3) is 1.00. The number of aliphatic hydroxyl groups excluding tert-OH is 1. The summed E-state index contributed by atoms with van der Waals surface area (Å²) in [7, 11) is 0. The molecule has 2 fully saturated rings. The van der Waals surface area contributed by atoms with Crippen molar-refractivity contribution in [3.63, 3.8) is 0 Å². The number of likely N-dealkylation sites (tertiary alicyclic amines) is 1. The first-order valence-electron chi connectivity index (χ1n) is 4.83. The summed E-state index contributed by atoms with van der Waals surface area (Å²) in [6, 6.07) is 0.610. The summed E-state index contributed by atoms with van der Waals surface area (Å²) in [5.41, 5.74) is 0. The Morgan fingerprint density at radius 1 is 1.08 bits per heavy atom. The maximum absolute atomic E-state index is 9.31. The van der Waals surface area contributed by atoms with Crippen LogP contribution in [0.2, 0.25) is 0 Å². The topological polar surface area (TPSA) is 23.5 Å². The van der Waals surface area contributed by atoms with Crippen LogP contribution in [0.15, 0.2) is 0 Å². The molecule has 1 aliphatic carbocycles. The van der Waals surface area contributed by atoms with Crippen LogP contribution in [0, 0.1) is 0 Å². The SMILES string of the molecule is OC1CCN(C2CCC2Cl)CC1. The lowest BCUT2D eigenvalue weighted by molar-refractivity contribution is 0.0404. The normalized spacial score (nSPS) is 39.5. The van der Waals surface area contributed by atoms with Gasteiger partial charge in [0.15, 0.2) is 0 Å². The van der Waals surface area contributed by atoms with Gasteiger partial charge in [0.05, 0.1) is 6.10 Å². The molecule has 2 atom stereocenters. The predicted octanol–water partition coefficient (Wildman–Crippen LogP) is 1.21. The van der Waals surface area contributed by atoms with E-state index in [9.17, 15) is 5.11 Å². The summed E-state index contributed by atoms with van der Waals surface area (Å²) in [5, 5.41) is 9.68. The average Bonchev–Trinajstić information content (AvgIpc) is 2.06. The molecule has 70 valence electrons. The van der Waals surface area contributed by atoms with Gasteiger partial charge in [-0.25, -0.2) is 0 Å². The van der Waals surface area contributed by atoms with Gasteiger partial charge in [0, 0.05) is 24.5 Å². The molecule has 0 aromatic carbocycles. The summed E-state index contributed by atoms with van der Waals surface area (Å²) >= 11 is 6.08. The molecule has 0 amide bonds. The minimum atomic E-state index is -0.0601. The van der Waals surface area contributed by atoms with E-state index in [1.165, 1.54) is 12.8 Å². The molecule has 2 rings (SSSR count). The fourth-order valence-electron chi connectivity index (χ4n) is 2.07. The van der Waals surface area contributed by atoms with Crippen molar-refractivity contribution in [2.75, 3.05) is 13.1 Å². The van der Waals surface area contributed by atoms with Crippen molar-refractivity contribution in [3.8, 4) is 0 Å². The molecule has 1 saturated carbocycles. The highest BCUT2D eigenvalue weighted by atomic mass is 35.5. The largest absolute Gasteiger partial charge is 0.393 e. The summed E-state index contributed by atoms with van der Waals surface area (Å²) in [5.74, 6) is 0. The van der Waals surface area contributed by atoms with Gasteiger partial charge in [0.25, 0.3) is 0 Å². The van der Waals surface area contributed by atoms with Gasteiger partial charge in [-0.1, -0.05) is 0 Å². The van der Waals surface area contributed by atoms with Gasteiger partial charge < -0.3 is 5.11 Å². The molecule has 12 heavy (non-hydrogen) atoms. The number of hydrogen-bond donors (Lipinski definition) is 1. The number of alkyl halides is 1. The molecule has 1 aliphatic heterocycles. The standard InChI is InChI=1S/C9H16ClNO/c10-8-1-2-9(8)11-5-3-7(12)4-6-11/h7-9,12H,1-6H2. The first kappa shape index (κ1) is 8.79. The fourth-order valence-corrected chi connectivity index (χ4v) is 2.48. The Morgan fingerprint density at radius 3 is 2.17 bits per heavy atom. The molecule has 1 N–H and O–H groups in total. The third kappa shape index (κ3) is 1.61. The number of nitrogens with zero attached hydrogens (tertiary/aromatic N) is 1. The van der Waals surface area contributed by atoms with Crippen LogP contribution in [0.3, 0.4) is 0 Å². The van der Waals surface area contributed by atoms with Crippen molar-refractivity contribution < 1.29 is 5.11 Å². The molecule has 1 heterocycles. The minimum absolute atomic E-state index is 0.0601. The molecular formula is C9H16ClNO. The third-order valence-electron chi connectivity index (χ3n) is 3.12. The maximum atomic E-state index is 9.31. The van der Waals surface area contributed by atoms with Crippen molar-refractivity contribution in [1.82, 2.24) is 4.90 Å².